The molecule has 0 amide bonds. The second kappa shape index (κ2) is 7.73. The van der Waals surface area contributed by atoms with Gasteiger partial charge in [-0.1, -0.05) is 29.8 Å². The molecular weight excluding hydrogens is 320 g/mol. The maximum Gasteiger partial charge on any atom is 0.124 e. The number of halogens is 1. The third kappa shape index (κ3) is 4.11. The van der Waals surface area contributed by atoms with Crippen molar-refractivity contribution in [3.8, 4) is 5.75 Å². The van der Waals surface area contributed by atoms with Crippen LogP contribution in [-0.4, -0.2) is 17.6 Å². The van der Waals surface area contributed by atoms with Gasteiger partial charge in [0.05, 0.1) is 6.10 Å². The topological polar surface area (TPSA) is 37.0 Å². The Bertz CT molecular complexity index is 810. The maximum atomic E-state index is 6.13. The molecule has 3 rings (SSSR count). The zero-order chi connectivity index (χ0) is 16.9. The number of nitrogens with one attached hydrogen (secondary N) is 2. The summed E-state index contributed by atoms with van der Waals surface area (Å²) in [6, 6.07) is 14.2. The first-order valence-electron chi connectivity index (χ1n) is 8.34. The van der Waals surface area contributed by atoms with Crippen LogP contribution in [0.3, 0.4) is 0 Å². The van der Waals surface area contributed by atoms with Crippen molar-refractivity contribution in [1.82, 2.24) is 10.3 Å². The van der Waals surface area contributed by atoms with Crippen LogP contribution in [0.15, 0.2) is 48.7 Å². The largest absolute Gasteiger partial charge is 0.491 e. The minimum atomic E-state index is 0.149. The number of ether oxygens (including phenoxy) is 1. The average Bonchev–Trinajstić information content (AvgIpc) is 2.97. The lowest BCUT2D eigenvalue weighted by atomic mass is 10.1. The van der Waals surface area contributed by atoms with Crippen LogP contribution >= 0.6 is 11.6 Å². The molecule has 0 fully saturated rings. The van der Waals surface area contributed by atoms with E-state index in [0.29, 0.717) is 0 Å². The van der Waals surface area contributed by atoms with Crippen molar-refractivity contribution in [1.29, 1.82) is 0 Å². The summed E-state index contributed by atoms with van der Waals surface area (Å²) in [4.78, 5) is 3.32. The molecule has 0 spiro atoms. The predicted molar refractivity (Wildman–Crippen MR) is 101 cm³/mol. The van der Waals surface area contributed by atoms with Gasteiger partial charge >= 0.3 is 0 Å². The predicted octanol–water partition coefficient (Wildman–Crippen LogP) is 4.94. The van der Waals surface area contributed by atoms with Gasteiger partial charge in [-0.25, -0.2) is 0 Å². The van der Waals surface area contributed by atoms with Gasteiger partial charge in [-0.3, -0.25) is 0 Å². The summed E-state index contributed by atoms with van der Waals surface area (Å²) in [7, 11) is 0. The molecule has 1 aromatic heterocycles. The van der Waals surface area contributed by atoms with Crippen LogP contribution < -0.4 is 10.1 Å². The summed E-state index contributed by atoms with van der Waals surface area (Å²) in [5.74, 6) is 0.897. The normalized spacial score (nSPS) is 11.3. The monoisotopic (exact) mass is 342 g/mol. The van der Waals surface area contributed by atoms with Crippen molar-refractivity contribution in [2.45, 2.75) is 32.9 Å². The van der Waals surface area contributed by atoms with Crippen molar-refractivity contribution >= 4 is 22.5 Å². The first-order chi connectivity index (χ1) is 11.6. The van der Waals surface area contributed by atoms with Gasteiger partial charge in [0.25, 0.3) is 0 Å². The van der Waals surface area contributed by atoms with E-state index in [1.807, 2.05) is 32.0 Å². The van der Waals surface area contributed by atoms with Crippen LogP contribution in [-0.2, 0) is 13.0 Å². The molecule has 24 heavy (non-hydrogen) atoms. The molecule has 126 valence electrons. The van der Waals surface area contributed by atoms with Crippen molar-refractivity contribution in [3.63, 3.8) is 0 Å². The summed E-state index contributed by atoms with van der Waals surface area (Å²) in [5.41, 5.74) is 3.62. The van der Waals surface area contributed by atoms with Crippen molar-refractivity contribution < 1.29 is 4.74 Å². The van der Waals surface area contributed by atoms with E-state index in [9.17, 15) is 0 Å². The van der Waals surface area contributed by atoms with Crippen LogP contribution in [0.5, 0.6) is 5.75 Å². The van der Waals surface area contributed by atoms with E-state index in [4.69, 9.17) is 16.3 Å². The van der Waals surface area contributed by atoms with Gasteiger partial charge in [0.2, 0.25) is 0 Å². The first kappa shape index (κ1) is 16.9. The highest BCUT2D eigenvalue weighted by Crippen LogP contribution is 2.24. The van der Waals surface area contributed by atoms with Crippen LogP contribution in [0.4, 0.5) is 0 Å². The summed E-state index contributed by atoms with van der Waals surface area (Å²) < 4.78 is 5.86. The maximum absolute atomic E-state index is 6.13. The zero-order valence-electron chi connectivity index (χ0n) is 14.1. The Hall–Kier alpha value is -1.97. The highest BCUT2D eigenvalue weighted by molar-refractivity contribution is 6.30. The Labute approximate surface area is 148 Å². The standard InChI is InChI=1S/C20H23ClN2O/c1-14(2)24-20-8-7-17(21)11-16(20)12-22-10-9-15-13-23-19-6-4-3-5-18(15)19/h3-8,11,13-14,22-23H,9-10,12H2,1-2H3. The van der Waals surface area contributed by atoms with Crippen LogP contribution in [0.1, 0.15) is 25.0 Å². The van der Waals surface area contributed by atoms with Crippen molar-refractivity contribution in [3.05, 3.63) is 64.8 Å². The summed E-state index contributed by atoms with van der Waals surface area (Å²) >= 11 is 6.13. The van der Waals surface area contributed by atoms with Crippen molar-refractivity contribution in [2.75, 3.05) is 6.54 Å². The molecule has 3 aromatic rings. The Morgan fingerprint density at radius 2 is 1.96 bits per heavy atom. The molecule has 0 atom stereocenters. The molecule has 2 N–H and O–H groups in total. The summed E-state index contributed by atoms with van der Waals surface area (Å²) in [6.07, 6.45) is 3.22. The molecule has 0 saturated heterocycles. The fourth-order valence-corrected chi connectivity index (χ4v) is 3.03. The number of hydrogen-bond donors (Lipinski definition) is 2. The molecule has 0 aliphatic carbocycles. The third-order valence-corrected chi connectivity index (χ3v) is 4.18. The van der Waals surface area contributed by atoms with Gasteiger partial charge in [0, 0.05) is 34.2 Å². The lowest BCUT2D eigenvalue weighted by molar-refractivity contribution is 0.239. The lowest BCUT2D eigenvalue weighted by Gasteiger charge is -2.15. The van der Waals surface area contributed by atoms with E-state index in [-0.39, 0.29) is 6.10 Å². The zero-order valence-corrected chi connectivity index (χ0v) is 14.9. The number of aromatic nitrogens is 1. The molecule has 0 aliphatic heterocycles. The molecule has 0 saturated carbocycles. The lowest BCUT2D eigenvalue weighted by Crippen LogP contribution is -2.18. The smallest absolute Gasteiger partial charge is 0.124 e. The molecule has 4 heteroatoms. The molecular formula is C20H23ClN2O. The number of hydrogen-bond acceptors (Lipinski definition) is 2. The van der Waals surface area contributed by atoms with E-state index in [1.165, 1.54) is 16.5 Å². The van der Waals surface area contributed by atoms with Gasteiger partial charge in [-0.05, 0) is 56.6 Å². The third-order valence-electron chi connectivity index (χ3n) is 3.95. The van der Waals surface area contributed by atoms with Crippen LogP contribution in [0.25, 0.3) is 10.9 Å². The quantitative estimate of drug-likeness (QED) is 0.597. The molecule has 3 nitrogen and oxygen atoms in total. The Kier molecular flexibility index (Phi) is 5.44. The molecule has 0 radical (unpaired) electrons. The minimum absolute atomic E-state index is 0.149. The Morgan fingerprint density at radius 3 is 2.79 bits per heavy atom. The van der Waals surface area contributed by atoms with E-state index < -0.39 is 0 Å². The number of rotatable bonds is 7. The fourth-order valence-electron chi connectivity index (χ4n) is 2.84. The van der Waals surface area contributed by atoms with Gasteiger partial charge in [0.15, 0.2) is 0 Å². The molecule has 2 aromatic carbocycles. The number of para-hydroxylation sites is 1. The molecule has 1 heterocycles. The second-order valence-electron chi connectivity index (χ2n) is 6.20. The second-order valence-corrected chi connectivity index (χ2v) is 6.64. The summed E-state index contributed by atoms with van der Waals surface area (Å²) in [6.45, 7) is 5.70. The SMILES string of the molecule is CC(C)Oc1ccc(Cl)cc1CNCCc1c[nH]c2ccccc12. The Morgan fingerprint density at radius 1 is 1.12 bits per heavy atom. The first-order valence-corrected chi connectivity index (χ1v) is 8.72. The fraction of sp³-hybridized carbons (Fsp3) is 0.300. The van der Waals surface area contributed by atoms with Crippen LogP contribution in [0, 0.1) is 0 Å². The van der Waals surface area contributed by atoms with Gasteiger partial charge in [0.1, 0.15) is 5.75 Å². The number of benzene rings is 2. The highest BCUT2D eigenvalue weighted by atomic mass is 35.5. The number of H-pyrrole nitrogens is 1. The van der Waals surface area contributed by atoms with Gasteiger partial charge in [-0.15, -0.1) is 0 Å². The van der Waals surface area contributed by atoms with Gasteiger partial charge in [-0.2, -0.15) is 0 Å². The average molecular weight is 343 g/mol. The summed E-state index contributed by atoms with van der Waals surface area (Å²) in [5, 5.41) is 5.53. The van der Waals surface area contributed by atoms with E-state index in [2.05, 4.69) is 40.8 Å². The molecule has 0 aliphatic rings. The van der Waals surface area contributed by atoms with E-state index in [1.54, 1.807) is 0 Å². The highest BCUT2D eigenvalue weighted by Gasteiger charge is 2.07. The van der Waals surface area contributed by atoms with Crippen molar-refractivity contribution in [2.24, 2.45) is 0 Å². The van der Waals surface area contributed by atoms with Gasteiger partial charge < -0.3 is 15.0 Å². The minimum Gasteiger partial charge on any atom is -0.491 e. The molecule has 0 unspecified atom stereocenters. The number of aromatic amines is 1. The van der Waals surface area contributed by atoms with E-state index in [0.717, 1.165) is 35.8 Å². The van der Waals surface area contributed by atoms with Crippen LogP contribution in [0.2, 0.25) is 5.02 Å². The molecule has 0 bridgehead atoms. The van der Waals surface area contributed by atoms with E-state index >= 15 is 0 Å². The Balaban J connectivity index is 1.59. The number of fused-ring (bicyclic) bond motifs is 1.